The van der Waals surface area contributed by atoms with Gasteiger partial charge in [-0.3, -0.25) is 0 Å². The number of sulfonamides is 1. The van der Waals surface area contributed by atoms with Crippen molar-refractivity contribution in [2.24, 2.45) is 5.73 Å². The van der Waals surface area contributed by atoms with Gasteiger partial charge in [0, 0.05) is 6.54 Å². The highest BCUT2D eigenvalue weighted by atomic mass is 35.5. The number of hydrogen-bond acceptors (Lipinski definition) is 3. The zero-order chi connectivity index (χ0) is 13.5. The van der Waals surface area contributed by atoms with Crippen LogP contribution in [0.1, 0.15) is 12.8 Å². The Morgan fingerprint density at radius 3 is 2.61 bits per heavy atom. The minimum Gasteiger partial charge on any atom is -0.315 e. The molecule has 0 aliphatic carbocycles. The molecule has 2 N–H and O–H groups in total. The monoisotopic (exact) mass is 312 g/mol. The van der Waals surface area contributed by atoms with Crippen LogP contribution in [0.4, 0.5) is 4.39 Å². The minimum absolute atomic E-state index is 0.218. The van der Waals surface area contributed by atoms with E-state index >= 15 is 0 Å². The van der Waals surface area contributed by atoms with Crippen molar-refractivity contribution in [3.63, 3.8) is 0 Å². The van der Waals surface area contributed by atoms with Crippen LogP contribution in [0.25, 0.3) is 0 Å². The van der Waals surface area contributed by atoms with E-state index in [-0.39, 0.29) is 9.92 Å². The third kappa shape index (κ3) is 2.23. The summed E-state index contributed by atoms with van der Waals surface area (Å²) >= 11 is 11.2. The van der Waals surface area contributed by atoms with E-state index in [1.165, 1.54) is 6.07 Å². The molecule has 0 bridgehead atoms. The Morgan fingerprint density at radius 2 is 2.06 bits per heavy atom. The molecule has 2 rings (SSSR count). The van der Waals surface area contributed by atoms with Crippen LogP contribution >= 0.6 is 23.2 Å². The summed E-state index contributed by atoms with van der Waals surface area (Å²) in [6, 6.07) is 2.35. The van der Waals surface area contributed by atoms with Crippen LogP contribution in [0.2, 0.25) is 10.0 Å². The average molecular weight is 313 g/mol. The van der Waals surface area contributed by atoms with Crippen LogP contribution in [-0.4, -0.2) is 25.4 Å². The molecule has 1 unspecified atom stereocenters. The Hall–Kier alpha value is -0.400. The van der Waals surface area contributed by atoms with Crippen molar-refractivity contribution >= 4 is 33.2 Å². The van der Waals surface area contributed by atoms with Gasteiger partial charge in [-0.2, -0.15) is 4.31 Å². The van der Waals surface area contributed by atoms with Crippen LogP contribution in [0.15, 0.2) is 17.0 Å². The number of benzene rings is 1. The molecule has 1 atom stereocenters. The second-order valence-corrected chi connectivity index (χ2v) is 6.64. The normalized spacial score (nSPS) is 21.4. The Balaban J connectivity index is 2.51. The summed E-state index contributed by atoms with van der Waals surface area (Å²) in [6.07, 6.45) is 0.658. The molecular weight excluding hydrogens is 302 g/mol. The van der Waals surface area contributed by atoms with Gasteiger partial charge in [0.1, 0.15) is 4.90 Å². The first-order valence-electron chi connectivity index (χ1n) is 5.26. The smallest absolute Gasteiger partial charge is 0.246 e. The van der Waals surface area contributed by atoms with Gasteiger partial charge in [-0.1, -0.05) is 23.2 Å². The maximum absolute atomic E-state index is 13.5. The second kappa shape index (κ2) is 4.94. The molecular formula is C10H11Cl2FN2O2S. The van der Waals surface area contributed by atoms with E-state index in [0.717, 1.165) is 10.4 Å². The van der Waals surface area contributed by atoms with Crippen molar-refractivity contribution in [1.82, 2.24) is 4.31 Å². The van der Waals surface area contributed by atoms with Gasteiger partial charge in [0.25, 0.3) is 0 Å². The quantitative estimate of drug-likeness (QED) is 0.851. The highest BCUT2D eigenvalue weighted by Gasteiger charge is 2.35. The highest BCUT2D eigenvalue weighted by molar-refractivity contribution is 7.89. The summed E-state index contributed by atoms with van der Waals surface area (Å²) in [4.78, 5) is -0.302. The molecule has 0 aromatic heterocycles. The van der Waals surface area contributed by atoms with E-state index in [0.29, 0.717) is 19.4 Å². The van der Waals surface area contributed by atoms with Crippen LogP contribution < -0.4 is 5.73 Å². The highest BCUT2D eigenvalue weighted by Crippen LogP contribution is 2.33. The molecule has 0 spiro atoms. The molecule has 4 nitrogen and oxygen atoms in total. The van der Waals surface area contributed by atoms with Gasteiger partial charge in [-0.05, 0) is 25.0 Å². The summed E-state index contributed by atoms with van der Waals surface area (Å²) in [7, 11) is -3.88. The largest absolute Gasteiger partial charge is 0.315 e. The SMILES string of the molecule is NC1CCCN1S(=O)(=O)c1ccc(Cl)c(F)c1Cl. The predicted molar refractivity (Wildman–Crippen MR) is 67.5 cm³/mol. The molecule has 0 amide bonds. The first kappa shape index (κ1) is 14.0. The zero-order valence-corrected chi connectivity index (χ0v) is 11.6. The van der Waals surface area contributed by atoms with Crippen LogP contribution in [0.5, 0.6) is 0 Å². The Kier molecular flexibility index (Phi) is 3.85. The van der Waals surface area contributed by atoms with Gasteiger partial charge in [0.05, 0.1) is 16.2 Å². The van der Waals surface area contributed by atoms with E-state index in [2.05, 4.69) is 0 Å². The van der Waals surface area contributed by atoms with Crippen molar-refractivity contribution < 1.29 is 12.8 Å². The minimum atomic E-state index is -3.88. The number of halogens is 3. The molecule has 0 radical (unpaired) electrons. The fourth-order valence-corrected chi connectivity index (χ4v) is 4.20. The third-order valence-corrected chi connectivity index (χ3v) is 5.58. The molecule has 1 fully saturated rings. The standard InChI is InChI=1S/C10H11Cl2FN2O2S/c11-6-3-4-7(9(12)10(6)13)18(16,17)15-5-1-2-8(15)14/h3-4,8H,1-2,5,14H2. The van der Waals surface area contributed by atoms with E-state index in [1.54, 1.807) is 0 Å². The van der Waals surface area contributed by atoms with Crippen molar-refractivity contribution in [1.29, 1.82) is 0 Å². The molecule has 8 heteroatoms. The van der Waals surface area contributed by atoms with E-state index in [1.807, 2.05) is 0 Å². The lowest BCUT2D eigenvalue weighted by Crippen LogP contribution is -2.41. The average Bonchev–Trinajstić information content (AvgIpc) is 2.73. The summed E-state index contributed by atoms with van der Waals surface area (Å²) in [6.45, 7) is 0.310. The van der Waals surface area contributed by atoms with E-state index in [4.69, 9.17) is 28.9 Å². The van der Waals surface area contributed by atoms with Crippen molar-refractivity contribution in [3.8, 4) is 0 Å². The van der Waals surface area contributed by atoms with Gasteiger partial charge in [0.15, 0.2) is 5.82 Å². The molecule has 1 heterocycles. The lowest BCUT2D eigenvalue weighted by Gasteiger charge is -2.21. The Bertz CT molecular complexity index is 579. The maximum atomic E-state index is 13.5. The lowest BCUT2D eigenvalue weighted by molar-refractivity contribution is 0.395. The fourth-order valence-electron chi connectivity index (χ4n) is 1.90. The predicted octanol–water partition coefficient (Wildman–Crippen LogP) is 2.20. The van der Waals surface area contributed by atoms with Crippen molar-refractivity contribution in [2.45, 2.75) is 23.9 Å². The van der Waals surface area contributed by atoms with E-state index < -0.39 is 27.0 Å². The number of nitrogens with two attached hydrogens (primary N) is 1. The Morgan fingerprint density at radius 1 is 1.39 bits per heavy atom. The molecule has 1 saturated heterocycles. The van der Waals surface area contributed by atoms with Gasteiger partial charge in [-0.15, -0.1) is 0 Å². The summed E-state index contributed by atoms with van der Waals surface area (Å²) < 4.78 is 39.2. The number of nitrogens with zero attached hydrogens (tertiary/aromatic N) is 1. The van der Waals surface area contributed by atoms with Gasteiger partial charge in [-0.25, -0.2) is 12.8 Å². The summed E-state index contributed by atoms with van der Waals surface area (Å²) in [5, 5.41) is -0.716. The van der Waals surface area contributed by atoms with Crippen LogP contribution in [0.3, 0.4) is 0 Å². The summed E-state index contributed by atoms with van der Waals surface area (Å²) in [5.41, 5.74) is 5.70. The molecule has 18 heavy (non-hydrogen) atoms. The molecule has 100 valence electrons. The van der Waals surface area contributed by atoms with Gasteiger partial charge in [0.2, 0.25) is 10.0 Å². The topological polar surface area (TPSA) is 63.4 Å². The Labute approximate surface area is 115 Å². The van der Waals surface area contributed by atoms with E-state index in [9.17, 15) is 12.8 Å². The molecule has 1 aromatic rings. The zero-order valence-electron chi connectivity index (χ0n) is 9.24. The lowest BCUT2D eigenvalue weighted by atomic mass is 10.3. The molecule has 1 aliphatic heterocycles. The fraction of sp³-hybridized carbons (Fsp3) is 0.400. The first-order valence-corrected chi connectivity index (χ1v) is 7.46. The molecule has 0 saturated carbocycles. The maximum Gasteiger partial charge on any atom is 0.246 e. The first-order chi connectivity index (χ1) is 8.35. The van der Waals surface area contributed by atoms with Crippen molar-refractivity contribution in [3.05, 3.63) is 28.0 Å². The van der Waals surface area contributed by atoms with Gasteiger partial charge >= 0.3 is 0 Å². The van der Waals surface area contributed by atoms with Crippen molar-refractivity contribution in [2.75, 3.05) is 6.54 Å². The number of hydrogen-bond donors (Lipinski definition) is 1. The van der Waals surface area contributed by atoms with Crippen LogP contribution in [0, 0.1) is 5.82 Å². The molecule has 1 aromatic carbocycles. The van der Waals surface area contributed by atoms with Crippen LogP contribution in [-0.2, 0) is 10.0 Å². The summed E-state index contributed by atoms with van der Waals surface area (Å²) in [5.74, 6) is -0.938. The molecule has 1 aliphatic rings. The third-order valence-electron chi connectivity index (χ3n) is 2.83. The van der Waals surface area contributed by atoms with Gasteiger partial charge < -0.3 is 5.73 Å². The number of rotatable bonds is 2. The second-order valence-electron chi connectivity index (χ2n) is 4.00.